The number of hydrogen-bond donors (Lipinski definition) is 0. The summed E-state index contributed by atoms with van der Waals surface area (Å²) in [7, 11) is 0. The standard InChI is InChI=1S/C53H39N/c1-32-17-19-33(20-18-32)46-31-47(43-28-24-36-30-37(53(2,3)4)29-35-23-27-42(46)50(43)49(35)36)34-21-25-38(26-22-34)54-48-16-10-9-15-45(48)51-41-13-7-5-11-39(41)40-12-6-8-14-44(40)52(51)54/h5-31H,1-4H3. The van der Waals surface area contributed by atoms with Crippen molar-refractivity contribution in [3.8, 4) is 27.9 Å². The van der Waals surface area contributed by atoms with Crippen molar-refractivity contribution in [2.24, 2.45) is 0 Å². The average Bonchev–Trinajstić information content (AvgIpc) is 3.55. The maximum Gasteiger partial charge on any atom is 0.0625 e. The van der Waals surface area contributed by atoms with Crippen LogP contribution in [0.15, 0.2) is 164 Å². The molecule has 256 valence electrons. The average molecular weight is 690 g/mol. The highest BCUT2D eigenvalue weighted by Crippen LogP contribution is 2.46. The van der Waals surface area contributed by atoms with Crippen LogP contribution in [0.4, 0.5) is 0 Å². The normalized spacial score (nSPS) is 12.4. The molecule has 0 saturated heterocycles. The molecule has 1 heteroatoms. The molecule has 0 atom stereocenters. The summed E-state index contributed by atoms with van der Waals surface area (Å²) in [6.45, 7) is 9.08. The van der Waals surface area contributed by atoms with Crippen molar-refractivity contribution in [1.82, 2.24) is 4.57 Å². The molecule has 0 bridgehead atoms. The lowest BCUT2D eigenvalue weighted by Gasteiger charge is -2.23. The van der Waals surface area contributed by atoms with Crippen molar-refractivity contribution < 1.29 is 0 Å². The smallest absolute Gasteiger partial charge is 0.0625 e. The Morgan fingerprint density at radius 1 is 0.407 bits per heavy atom. The second kappa shape index (κ2) is 11.3. The number of aromatic nitrogens is 1. The zero-order chi connectivity index (χ0) is 36.3. The maximum absolute atomic E-state index is 2.48. The highest BCUT2D eigenvalue weighted by molar-refractivity contribution is 6.32. The van der Waals surface area contributed by atoms with Crippen molar-refractivity contribution in [3.05, 3.63) is 175 Å². The summed E-state index contributed by atoms with van der Waals surface area (Å²) in [4.78, 5) is 0. The Balaban J connectivity index is 1.18. The first-order valence-electron chi connectivity index (χ1n) is 19.1. The Kier molecular flexibility index (Phi) is 6.50. The minimum absolute atomic E-state index is 0.0696. The first-order valence-corrected chi connectivity index (χ1v) is 19.1. The van der Waals surface area contributed by atoms with Crippen LogP contribution in [0.3, 0.4) is 0 Å². The Hall–Kier alpha value is -6.44. The van der Waals surface area contributed by atoms with Gasteiger partial charge in [-0.15, -0.1) is 0 Å². The van der Waals surface area contributed by atoms with Crippen molar-refractivity contribution in [2.45, 2.75) is 33.1 Å². The highest BCUT2D eigenvalue weighted by Gasteiger charge is 2.22. The van der Waals surface area contributed by atoms with E-state index < -0.39 is 0 Å². The largest absolute Gasteiger partial charge is 0.309 e. The van der Waals surface area contributed by atoms with Gasteiger partial charge in [-0.3, -0.25) is 0 Å². The lowest BCUT2D eigenvalue weighted by Crippen LogP contribution is -2.10. The van der Waals surface area contributed by atoms with Gasteiger partial charge in [-0.25, -0.2) is 0 Å². The molecule has 0 saturated carbocycles. The Morgan fingerprint density at radius 3 is 1.54 bits per heavy atom. The molecule has 1 nitrogen and oxygen atoms in total. The Morgan fingerprint density at radius 2 is 0.926 bits per heavy atom. The van der Waals surface area contributed by atoms with Crippen LogP contribution in [-0.2, 0) is 5.41 Å². The minimum Gasteiger partial charge on any atom is -0.309 e. The third-order valence-electron chi connectivity index (χ3n) is 11.9. The molecule has 0 unspecified atom stereocenters. The second-order valence-corrected chi connectivity index (χ2v) is 16.2. The molecule has 11 rings (SSSR count). The van der Waals surface area contributed by atoms with Crippen molar-refractivity contribution in [3.63, 3.8) is 0 Å². The lowest BCUT2D eigenvalue weighted by atomic mass is 9.81. The number of nitrogens with zero attached hydrogens (tertiary/aromatic N) is 1. The van der Waals surface area contributed by atoms with Crippen LogP contribution < -0.4 is 0 Å². The highest BCUT2D eigenvalue weighted by atomic mass is 15.0. The molecule has 54 heavy (non-hydrogen) atoms. The van der Waals surface area contributed by atoms with Crippen molar-refractivity contribution in [1.29, 1.82) is 0 Å². The van der Waals surface area contributed by atoms with E-state index in [9.17, 15) is 0 Å². The summed E-state index contributed by atoms with van der Waals surface area (Å²) in [6, 6.07) is 61.7. The van der Waals surface area contributed by atoms with Gasteiger partial charge in [0.05, 0.1) is 11.0 Å². The Bertz CT molecular complexity index is 3260. The fraction of sp³-hybridized carbons (Fsp3) is 0.0943. The molecule has 0 aliphatic carbocycles. The van der Waals surface area contributed by atoms with Crippen LogP contribution in [-0.4, -0.2) is 4.57 Å². The first-order chi connectivity index (χ1) is 26.3. The maximum atomic E-state index is 2.48. The van der Waals surface area contributed by atoms with E-state index >= 15 is 0 Å². The van der Waals surface area contributed by atoms with E-state index in [-0.39, 0.29) is 5.41 Å². The van der Waals surface area contributed by atoms with Crippen LogP contribution in [0.1, 0.15) is 31.9 Å². The fourth-order valence-electron chi connectivity index (χ4n) is 9.25. The second-order valence-electron chi connectivity index (χ2n) is 16.2. The quantitative estimate of drug-likeness (QED) is 0.163. The van der Waals surface area contributed by atoms with Crippen LogP contribution in [0.5, 0.6) is 0 Å². The van der Waals surface area contributed by atoms with Gasteiger partial charge in [0.1, 0.15) is 0 Å². The van der Waals surface area contributed by atoms with Crippen LogP contribution in [0.25, 0.3) is 104 Å². The van der Waals surface area contributed by atoms with E-state index in [1.54, 1.807) is 0 Å². The van der Waals surface area contributed by atoms with Gasteiger partial charge in [-0.1, -0.05) is 166 Å². The lowest BCUT2D eigenvalue weighted by molar-refractivity contribution is 0.591. The number of benzene rings is 10. The van der Waals surface area contributed by atoms with Crippen LogP contribution >= 0.6 is 0 Å². The van der Waals surface area contributed by atoms with Gasteiger partial charge in [0.15, 0.2) is 0 Å². The predicted molar refractivity (Wildman–Crippen MR) is 234 cm³/mol. The van der Waals surface area contributed by atoms with Crippen LogP contribution in [0, 0.1) is 6.92 Å². The summed E-state index contributed by atoms with van der Waals surface area (Å²) in [5, 5.41) is 15.7. The molecular weight excluding hydrogens is 651 g/mol. The third-order valence-corrected chi connectivity index (χ3v) is 11.9. The number of rotatable bonds is 3. The fourth-order valence-corrected chi connectivity index (χ4v) is 9.25. The predicted octanol–water partition coefficient (Wildman–Crippen LogP) is 14.9. The molecule has 0 aliphatic rings. The molecule has 0 spiro atoms. The zero-order valence-corrected chi connectivity index (χ0v) is 31.0. The monoisotopic (exact) mass is 689 g/mol. The van der Waals surface area contributed by atoms with Gasteiger partial charge in [0.25, 0.3) is 0 Å². The van der Waals surface area contributed by atoms with Gasteiger partial charge in [-0.05, 0) is 113 Å². The molecular formula is C53H39N. The van der Waals surface area contributed by atoms with Gasteiger partial charge in [-0.2, -0.15) is 0 Å². The van der Waals surface area contributed by atoms with E-state index in [0.717, 1.165) is 5.69 Å². The molecule has 1 heterocycles. The molecule has 0 N–H and O–H groups in total. The van der Waals surface area contributed by atoms with Gasteiger partial charge in [0.2, 0.25) is 0 Å². The van der Waals surface area contributed by atoms with Crippen molar-refractivity contribution >= 4 is 75.7 Å². The van der Waals surface area contributed by atoms with E-state index in [4.69, 9.17) is 0 Å². The number of hydrogen-bond acceptors (Lipinski definition) is 0. The summed E-state index contributed by atoms with van der Waals surface area (Å²) in [5.74, 6) is 0. The molecule has 0 amide bonds. The molecule has 11 aromatic rings. The first kappa shape index (κ1) is 31.1. The SMILES string of the molecule is Cc1ccc(-c2cc(-c3ccc(-n4c5ccccc5c5c6ccccc6c6ccccc6c54)cc3)c3ccc4cc(C(C)(C)C)cc5ccc2c3c54)cc1. The number of para-hydroxylation sites is 1. The summed E-state index contributed by atoms with van der Waals surface area (Å²) >= 11 is 0. The topological polar surface area (TPSA) is 4.93 Å². The molecule has 1 aromatic heterocycles. The molecule has 0 radical (unpaired) electrons. The van der Waals surface area contributed by atoms with E-state index in [2.05, 4.69) is 196 Å². The minimum atomic E-state index is 0.0696. The van der Waals surface area contributed by atoms with Crippen molar-refractivity contribution in [2.75, 3.05) is 0 Å². The van der Waals surface area contributed by atoms with E-state index in [0.29, 0.717) is 0 Å². The van der Waals surface area contributed by atoms with E-state index in [1.165, 1.54) is 109 Å². The molecule has 10 aromatic carbocycles. The van der Waals surface area contributed by atoms with Gasteiger partial charge < -0.3 is 4.57 Å². The van der Waals surface area contributed by atoms with Crippen LogP contribution in [0.2, 0.25) is 0 Å². The summed E-state index contributed by atoms with van der Waals surface area (Å²) in [5.41, 5.74) is 11.4. The number of aryl methyl sites for hydroxylation is 1. The van der Waals surface area contributed by atoms with Gasteiger partial charge >= 0.3 is 0 Å². The molecule has 0 fully saturated rings. The van der Waals surface area contributed by atoms with Gasteiger partial charge in [0, 0.05) is 21.8 Å². The summed E-state index contributed by atoms with van der Waals surface area (Å²) in [6.07, 6.45) is 0. The Labute approximate surface area is 315 Å². The molecule has 0 aliphatic heterocycles. The summed E-state index contributed by atoms with van der Waals surface area (Å²) < 4.78 is 2.48. The number of fused-ring (bicyclic) bond motifs is 8. The third kappa shape index (κ3) is 4.45. The zero-order valence-electron chi connectivity index (χ0n) is 31.0. The van der Waals surface area contributed by atoms with E-state index in [1.807, 2.05) is 0 Å².